The van der Waals surface area contributed by atoms with Crippen LogP contribution in [0.3, 0.4) is 0 Å². The number of alkyl halides is 3. The summed E-state index contributed by atoms with van der Waals surface area (Å²) in [6, 6.07) is 12.9. The highest BCUT2D eigenvalue weighted by Crippen LogP contribution is 2.35. The zero-order chi connectivity index (χ0) is 28.3. The van der Waals surface area contributed by atoms with Crippen molar-refractivity contribution in [3.05, 3.63) is 70.8 Å². The summed E-state index contributed by atoms with van der Waals surface area (Å²) in [5, 5.41) is 3.15. The molecule has 40 heavy (non-hydrogen) atoms. The lowest BCUT2D eigenvalue weighted by Crippen LogP contribution is -2.46. The molecule has 1 N–H and O–H groups in total. The topological polar surface area (TPSA) is 65.1 Å². The summed E-state index contributed by atoms with van der Waals surface area (Å²) in [6.07, 6.45) is -1.40. The fourth-order valence-corrected chi connectivity index (χ4v) is 5.90. The number of hydrogen-bond acceptors (Lipinski definition) is 5. The van der Waals surface area contributed by atoms with Crippen LogP contribution in [0.25, 0.3) is 0 Å². The lowest BCUT2D eigenvalue weighted by atomic mass is 9.91. The van der Waals surface area contributed by atoms with Crippen LogP contribution in [0.15, 0.2) is 48.5 Å². The second-order valence-electron chi connectivity index (χ2n) is 11.3. The average molecular weight is 559 g/mol. The zero-order valence-electron chi connectivity index (χ0n) is 22.9. The van der Waals surface area contributed by atoms with E-state index in [-0.39, 0.29) is 18.0 Å². The second kappa shape index (κ2) is 11.8. The van der Waals surface area contributed by atoms with Crippen molar-refractivity contribution in [3.63, 3.8) is 0 Å². The lowest BCUT2D eigenvalue weighted by molar-refractivity contribution is -0.137. The molecule has 1 spiro atoms. The molecule has 3 heterocycles. The predicted octanol–water partition coefficient (Wildman–Crippen LogP) is 4.91. The number of likely N-dealkylation sites (tertiary alicyclic amines) is 2. The van der Waals surface area contributed by atoms with Gasteiger partial charge in [0.15, 0.2) is 0 Å². The molecular formula is C30H37F3N4O3. The average Bonchev–Trinajstić information content (AvgIpc) is 3.24. The summed E-state index contributed by atoms with van der Waals surface area (Å²) >= 11 is 0. The van der Waals surface area contributed by atoms with Crippen LogP contribution in [0, 0.1) is 0 Å². The lowest BCUT2D eigenvalue weighted by Gasteiger charge is -2.37. The molecule has 10 heteroatoms. The molecule has 3 aliphatic heterocycles. The standard InChI is InChI=1S/C30H37F3N4O3/c1-2-35-15-11-26(12-16-35)34-27(38)24-7-3-23(4-8-24)20-37-21-29(40-28(37)39)13-17-36(18-14-29)19-22-5-9-25(10-6-22)30(31,32)33/h3-10,26H,2,11-21H2,1H3,(H,34,38). The molecule has 0 bridgehead atoms. The number of carbonyl (C=O) groups excluding carboxylic acids is 2. The zero-order valence-corrected chi connectivity index (χ0v) is 22.9. The van der Waals surface area contributed by atoms with E-state index in [0.29, 0.717) is 51.1 Å². The van der Waals surface area contributed by atoms with Gasteiger partial charge in [-0.2, -0.15) is 13.2 Å². The Labute approximate surface area is 233 Å². The first-order valence-electron chi connectivity index (χ1n) is 14.1. The van der Waals surface area contributed by atoms with Crippen LogP contribution in [0.2, 0.25) is 0 Å². The van der Waals surface area contributed by atoms with Gasteiger partial charge in [-0.15, -0.1) is 0 Å². The molecule has 2 aromatic carbocycles. The molecule has 7 nitrogen and oxygen atoms in total. The normalized spacial score (nSPS) is 20.6. The largest absolute Gasteiger partial charge is 0.441 e. The van der Waals surface area contributed by atoms with Crippen molar-refractivity contribution in [2.45, 2.75) is 63.5 Å². The Morgan fingerprint density at radius 3 is 2.12 bits per heavy atom. The van der Waals surface area contributed by atoms with E-state index in [1.54, 1.807) is 4.90 Å². The Balaban J connectivity index is 1.09. The van der Waals surface area contributed by atoms with Crippen molar-refractivity contribution in [1.29, 1.82) is 0 Å². The van der Waals surface area contributed by atoms with E-state index in [0.717, 1.165) is 55.7 Å². The molecular weight excluding hydrogens is 521 g/mol. The first kappa shape index (κ1) is 28.4. The highest BCUT2D eigenvalue weighted by Gasteiger charge is 2.46. The van der Waals surface area contributed by atoms with Crippen molar-refractivity contribution in [2.75, 3.05) is 39.3 Å². The van der Waals surface area contributed by atoms with Gasteiger partial charge in [-0.1, -0.05) is 31.2 Å². The number of nitrogens with one attached hydrogen (secondary N) is 1. The minimum Gasteiger partial charge on any atom is -0.441 e. The van der Waals surface area contributed by atoms with Gasteiger partial charge >= 0.3 is 12.3 Å². The number of benzene rings is 2. The Hall–Kier alpha value is -3.11. The molecule has 3 aliphatic rings. The molecule has 5 rings (SSSR count). The summed E-state index contributed by atoms with van der Waals surface area (Å²) in [7, 11) is 0. The minimum atomic E-state index is -4.34. The third-order valence-corrected chi connectivity index (χ3v) is 8.46. The molecule has 0 unspecified atom stereocenters. The van der Waals surface area contributed by atoms with Crippen molar-refractivity contribution in [3.8, 4) is 0 Å². The van der Waals surface area contributed by atoms with Gasteiger partial charge in [0, 0.05) is 63.7 Å². The van der Waals surface area contributed by atoms with Gasteiger partial charge in [-0.05, 0) is 54.8 Å². The van der Waals surface area contributed by atoms with E-state index >= 15 is 0 Å². The van der Waals surface area contributed by atoms with Crippen molar-refractivity contribution >= 4 is 12.0 Å². The first-order valence-corrected chi connectivity index (χ1v) is 14.1. The molecule has 216 valence electrons. The third kappa shape index (κ3) is 6.78. The molecule has 3 fully saturated rings. The van der Waals surface area contributed by atoms with Crippen LogP contribution in [0.4, 0.5) is 18.0 Å². The molecule has 3 saturated heterocycles. The van der Waals surface area contributed by atoms with Gasteiger partial charge in [0.25, 0.3) is 5.91 Å². The molecule has 0 atom stereocenters. The van der Waals surface area contributed by atoms with Crippen LogP contribution in [0.1, 0.15) is 59.7 Å². The van der Waals surface area contributed by atoms with Gasteiger partial charge in [0.05, 0.1) is 12.1 Å². The van der Waals surface area contributed by atoms with Crippen molar-refractivity contribution in [2.24, 2.45) is 0 Å². The Bertz CT molecular complexity index is 1170. The van der Waals surface area contributed by atoms with Gasteiger partial charge in [-0.3, -0.25) is 14.6 Å². The maximum Gasteiger partial charge on any atom is 0.416 e. The summed E-state index contributed by atoms with van der Waals surface area (Å²) in [5.41, 5.74) is 1.19. The number of piperidine rings is 2. The fraction of sp³-hybridized carbons (Fsp3) is 0.533. The maximum absolute atomic E-state index is 12.8. The van der Waals surface area contributed by atoms with E-state index in [1.807, 2.05) is 24.3 Å². The van der Waals surface area contributed by atoms with E-state index in [2.05, 4.69) is 22.0 Å². The highest BCUT2D eigenvalue weighted by atomic mass is 19.4. The number of ether oxygens (including phenoxy) is 1. The first-order chi connectivity index (χ1) is 19.1. The number of hydrogen-bond donors (Lipinski definition) is 1. The number of amides is 2. The van der Waals surface area contributed by atoms with E-state index in [4.69, 9.17) is 4.74 Å². The summed E-state index contributed by atoms with van der Waals surface area (Å²) < 4.78 is 44.3. The van der Waals surface area contributed by atoms with Crippen LogP contribution in [0.5, 0.6) is 0 Å². The highest BCUT2D eigenvalue weighted by molar-refractivity contribution is 5.94. The molecule has 0 radical (unpaired) electrons. The number of halogens is 3. The smallest absolute Gasteiger partial charge is 0.416 e. The SMILES string of the molecule is CCN1CCC(NC(=O)c2ccc(CN3CC4(CCN(Cc5ccc(C(F)(F)F)cc5)CC4)OC3=O)cc2)CC1. The fourth-order valence-electron chi connectivity index (χ4n) is 5.90. The Morgan fingerprint density at radius 2 is 1.52 bits per heavy atom. The maximum atomic E-state index is 12.8. The van der Waals surface area contributed by atoms with E-state index in [9.17, 15) is 22.8 Å². The molecule has 0 saturated carbocycles. The van der Waals surface area contributed by atoms with Crippen LogP contribution < -0.4 is 5.32 Å². The number of carbonyl (C=O) groups is 2. The number of nitrogens with zero attached hydrogens (tertiary/aromatic N) is 3. The van der Waals surface area contributed by atoms with Gasteiger partial charge in [-0.25, -0.2) is 4.79 Å². The molecule has 2 aromatic rings. The predicted molar refractivity (Wildman–Crippen MR) is 145 cm³/mol. The minimum absolute atomic E-state index is 0.0657. The van der Waals surface area contributed by atoms with Crippen LogP contribution in [-0.4, -0.2) is 77.6 Å². The van der Waals surface area contributed by atoms with Crippen LogP contribution >= 0.6 is 0 Å². The second-order valence-corrected chi connectivity index (χ2v) is 11.3. The number of rotatable bonds is 7. The Kier molecular flexibility index (Phi) is 8.37. The van der Waals surface area contributed by atoms with Gasteiger partial charge in [0.1, 0.15) is 5.60 Å². The van der Waals surface area contributed by atoms with E-state index < -0.39 is 17.3 Å². The molecule has 0 aromatic heterocycles. The van der Waals surface area contributed by atoms with Crippen LogP contribution in [-0.2, 0) is 24.0 Å². The molecule has 0 aliphatic carbocycles. The summed E-state index contributed by atoms with van der Waals surface area (Å²) in [4.78, 5) is 31.7. The quantitative estimate of drug-likeness (QED) is 0.524. The van der Waals surface area contributed by atoms with E-state index in [1.165, 1.54) is 12.1 Å². The van der Waals surface area contributed by atoms with Gasteiger partial charge < -0.3 is 15.0 Å². The third-order valence-electron chi connectivity index (χ3n) is 8.46. The van der Waals surface area contributed by atoms with Crippen molar-refractivity contribution in [1.82, 2.24) is 20.0 Å². The summed E-state index contributed by atoms with van der Waals surface area (Å²) in [6.45, 7) is 8.07. The van der Waals surface area contributed by atoms with Crippen molar-refractivity contribution < 1.29 is 27.5 Å². The summed E-state index contributed by atoms with van der Waals surface area (Å²) in [5.74, 6) is -0.0657. The molecule has 2 amide bonds. The Morgan fingerprint density at radius 1 is 0.925 bits per heavy atom. The van der Waals surface area contributed by atoms with Gasteiger partial charge in [0.2, 0.25) is 0 Å². The monoisotopic (exact) mass is 558 g/mol.